The summed E-state index contributed by atoms with van der Waals surface area (Å²) in [5, 5.41) is 2.10. The fourth-order valence-electron chi connectivity index (χ4n) is 3.80. The molecule has 1 saturated heterocycles. The fourth-order valence-corrected chi connectivity index (χ4v) is 4.40. The number of piperidine rings is 1. The lowest BCUT2D eigenvalue weighted by Gasteiger charge is -2.29. The average Bonchev–Trinajstić information content (AvgIpc) is 2.73. The second kappa shape index (κ2) is 8.60. The summed E-state index contributed by atoms with van der Waals surface area (Å²) in [6, 6.07) is 13.0. The minimum absolute atomic E-state index is 0.0364. The van der Waals surface area contributed by atoms with Crippen molar-refractivity contribution in [2.24, 2.45) is 0 Å². The molecule has 0 spiro atoms. The normalized spacial score (nSPS) is 15.3. The second-order valence-corrected chi connectivity index (χ2v) is 8.09. The molecule has 29 heavy (non-hydrogen) atoms. The lowest BCUT2D eigenvalue weighted by atomic mass is 10.0. The van der Waals surface area contributed by atoms with Crippen molar-refractivity contribution >= 4 is 40.0 Å². The summed E-state index contributed by atoms with van der Waals surface area (Å²) >= 11 is 12.8. The highest BCUT2D eigenvalue weighted by molar-refractivity contribution is 6.39. The number of hydrogen-bond donors (Lipinski definition) is 0. The summed E-state index contributed by atoms with van der Waals surface area (Å²) in [6.45, 7) is 3.43. The maximum atomic E-state index is 12.6. The van der Waals surface area contributed by atoms with Gasteiger partial charge in [-0.25, -0.2) is 0 Å². The van der Waals surface area contributed by atoms with E-state index in [0.717, 1.165) is 48.0 Å². The Hall–Kier alpha value is -2.30. The number of carbonyl (C=O) groups is 1. The molecule has 2 heterocycles. The van der Waals surface area contributed by atoms with Crippen molar-refractivity contribution < 1.29 is 9.53 Å². The van der Waals surface area contributed by atoms with Crippen molar-refractivity contribution in [2.75, 3.05) is 13.1 Å². The molecule has 0 N–H and O–H groups in total. The molecule has 1 aliphatic rings. The first-order valence-corrected chi connectivity index (χ1v) is 10.6. The standard InChI is InChI=1S/C23H22Cl2N2O2/c1-15(23(28)27-12-3-2-4-13-27)29-16-8-9-17-18(10-11-26-21(17)14-16)22-19(24)6-5-7-20(22)25/h5-11,14-15H,2-4,12-13H2,1H3. The van der Waals surface area contributed by atoms with E-state index in [4.69, 9.17) is 27.9 Å². The van der Waals surface area contributed by atoms with Gasteiger partial charge in [0.1, 0.15) is 5.75 Å². The third-order valence-corrected chi connectivity index (χ3v) is 5.90. The van der Waals surface area contributed by atoms with E-state index < -0.39 is 6.10 Å². The molecule has 1 aliphatic heterocycles. The molecule has 150 valence electrons. The zero-order valence-electron chi connectivity index (χ0n) is 16.2. The van der Waals surface area contributed by atoms with Crippen LogP contribution in [0.15, 0.2) is 48.7 Å². The molecule has 0 saturated carbocycles. The van der Waals surface area contributed by atoms with Gasteiger partial charge in [0.2, 0.25) is 0 Å². The number of benzene rings is 2. The number of amides is 1. The van der Waals surface area contributed by atoms with Crippen molar-refractivity contribution in [3.63, 3.8) is 0 Å². The SMILES string of the molecule is CC(Oc1ccc2c(-c3c(Cl)cccc3Cl)ccnc2c1)C(=O)N1CCCCC1. The van der Waals surface area contributed by atoms with Gasteiger partial charge in [-0.05, 0) is 62.1 Å². The van der Waals surface area contributed by atoms with Crippen LogP contribution in [0.2, 0.25) is 10.0 Å². The van der Waals surface area contributed by atoms with Gasteiger partial charge in [0.15, 0.2) is 6.10 Å². The van der Waals surface area contributed by atoms with Gasteiger partial charge in [0.05, 0.1) is 5.52 Å². The van der Waals surface area contributed by atoms with Crippen molar-refractivity contribution in [3.05, 3.63) is 58.7 Å². The third-order valence-electron chi connectivity index (χ3n) is 5.27. The van der Waals surface area contributed by atoms with Crippen LogP contribution in [-0.4, -0.2) is 35.0 Å². The molecule has 1 fully saturated rings. The minimum atomic E-state index is -0.535. The van der Waals surface area contributed by atoms with Gasteiger partial charge in [0.25, 0.3) is 5.91 Å². The summed E-state index contributed by atoms with van der Waals surface area (Å²) in [6.07, 6.45) is 4.50. The van der Waals surface area contributed by atoms with Gasteiger partial charge in [0, 0.05) is 46.3 Å². The van der Waals surface area contributed by atoms with Gasteiger partial charge in [-0.15, -0.1) is 0 Å². The number of ether oxygens (including phenoxy) is 1. The highest BCUT2D eigenvalue weighted by Crippen LogP contribution is 2.38. The van der Waals surface area contributed by atoms with E-state index in [1.165, 1.54) is 6.42 Å². The van der Waals surface area contributed by atoms with Crippen LogP contribution in [-0.2, 0) is 4.79 Å². The molecular weight excluding hydrogens is 407 g/mol. The smallest absolute Gasteiger partial charge is 0.263 e. The molecule has 1 unspecified atom stereocenters. The van der Waals surface area contributed by atoms with Gasteiger partial charge in [-0.2, -0.15) is 0 Å². The van der Waals surface area contributed by atoms with Crippen LogP contribution in [0.5, 0.6) is 5.75 Å². The number of nitrogens with zero attached hydrogens (tertiary/aromatic N) is 2. The Balaban J connectivity index is 1.61. The minimum Gasteiger partial charge on any atom is -0.481 e. The molecule has 0 bridgehead atoms. The molecule has 4 nitrogen and oxygen atoms in total. The average molecular weight is 429 g/mol. The summed E-state index contributed by atoms with van der Waals surface area (Å²) in [4.78, 5) is 19.0. The van der Waals surface area contributed by atoms with Crippen LogP contribution < -0.4 is 4.74 Å². The van der Waals surface area contributed by atoms with Crippen LogP contribution in [0.1, 0.15) is 26.2 Å². The van der Waals surface area contributed by atoms with E-state index in [0.29, 0.717) is 15.8 Å². The van der Waals surface area contributed by atoms with E-state index >= 15 is 0 Å². The van der Waals surface area contributed by atoms with E-state index in [9.17, 15) is 4.79 Å². The lowest BCUT2D eigenvalue weighted by molar-refractivity contribution is -0.138. The summed E-state index contributed by atoms with van der Waals surface area (Å²) in [7, 11) is 0. The quantitative estimate of drug-likeness (QED) is 0.512. The molecule has 1 atom stereocenters. The number of hydrogen-bond acceptors (Lipinski definition) is 3. The molecule has 4 rings (SSSR count). The maximum absolute atomic E-state index is 12.6. The molecule has 6 heteroatoms. The molecule has 0 radical (unpaired) electrons. The maximum Gasteiger partial charge on any atom is 0.263 e. The van der Waals surface area contributed by atoms with Crippen LogP contribution in [0.25, 0.3) is 22.0 Å². The highest BCUT2D eigenvalue weighted by atomic mass is 35.5. The Morgan fingerprint density at radius 2 is 1.79 bits per heavy atom. The topological polar surface area (TPSA) is 42.4 Å². The van der Waals surface area contributed by atoms with Gasteiger partial charge < -0.3 is 9.64 Å². The first-order valence-electron chi connectivity index (χ1n) is 9.83. The van der Waals surface area contributed by atoms with Crippen molar-refractivity contribution in [1.82, 2.24) is 9.88 Å². The Kier molecular flexibility index (Phi) is 5.93. The third kappa shape index (κ3) is 4.19. The number of likely N-dealkylation sites (tertiary alicyclic amines) is 1. The summed E-state index contributed by atoms with van der Waals surface area (Å²) in [5.74, 6) is 0.652. The number of carbonyl (C=O) groups excluding carboxylic acids is 1. The number of fused-ring (bicyclic) bond motifs is 1. The molecular formula is C23H22Cl2N2O2. The molecule has 0 aliphatic carbocycles. The molecule has 2 aromatic carbocycles. The predicted octanol–water partition coefficient (Wildman–Crippen LogP) is 5.99. The van der Waals surface area contributed by atoms with Crippen LogP contribution in [0.4, 0.5) is 0 Å². The van der Waals surface area contributed by atoms with Gasteiger partial charge in [-0.3, -0.25) is 9.78 Å². The zero-order chi connectivity index (χ0) is 20.4. The Labute approximate surface area is 180 Å². The monoisotopic (exact) mass is 428 g/mol. The largest absolute Gasteiger partial charge is 0.481 e. The molecule has 1 amide bonds. The van der Waals surface area contributed by atoms with Crippen molar-refractivity contribution in [3.8, 4) is 16.9 Å². The Bertz CT molecular complexity index is 1030. The van der Waals surface area contributed by atoms with E-state index in [-0.39, 0.29) is 5.91 Å². The van der Waals surface area contributed by atoms with E-state index in [1.54, 1.807) is 13.1 Å². The first kappa shape index (κ1) is 20.0. The number of rotatable bonds is 4. The van der Waals surface area contributed by atoms with Crippen molar-refractivity contribution in [2.45, 2.75) is 32.3 Å². The van der Waals surface area contributed by atoms with Crippen molar-refractivity contribution in [1.29, 1.82) is 0 Å². The molecule has 3 aromatic rings. The number of pyridine rings is 1. The lowest BCUT2D eigenvalue weighted by Crippen LogP contribution is -2.43. The summed E-state index contributed by atoms with van der Waals surface area (Å²) in [5.41, 5.74) is 2.45. The van der Waals surface area contributed by atoms with E-state index in [2.05, 4.69) is 4.98 Å². The van der Waals surface area contributed by atoms with Crippen LogP contribution in [0, 0.1) is 0 Å². The first-order chi connectivity index (χ1) is 14.0. The zero-order valence-corrected chi connectivity index (χ0v) is 17.7. The molecule has 1 aromatic heterocycles. The summed E-state index contributed by atoms with van der Waals surface area (Å²) < 4.78 is 5.95. The fraction of sp³-hybridized carbons (Fsp3) is 0.304. The highest BCUT2D eigenvalue weighted by Gasteiger charge is 2.23. The number of aromatic nitrogens is 1. The number of halogens is 2. The van der Waals surface area contributed by atoms with Gasteiger partial charge in [-0.1, -0.05) is 29.3 Å². The second-order valence-electron chi connectivity index (χ2n) is 7.28. The predicted molar refractivity (Wildman–Crippen MR) is 118 cm³/mol. The van der Waals surface area contributed by atoms with Crippen LogP contribution in [0.3, 0.4) is 0 Å². The van der Waals surface area contributed by atoms with E-state index in [1.807, 2.05) is 47.4 Å². The Morgan fingerprint density at radius 1 is 1.07 bits per heavy atom. The van der Waals surface area contributed by atoms with Crippen LogP contribution >= 0.6 is 23.2 Å². The Morgan fingerprint density at radius 3 is 2.52 bits per heavy atom. The van der Waals surface area contributed by atoms with Gasteiger partial charge >= 0.3 is 0 Å².